The van der Waals surface area contributed by atoms with Crippen molar-refractivity contribution >= 4 is 17.6 Å². The van der Waals surface area contributed by atoms with Crippen LogP contribution in [-0.4, -0.2) is 24.0 Å². The van der Waals surface area contributed by atoms with Crippen molar-refractivity contribution in [2.45, 2.75) is 32.2 Å². The lowest BCUT2D eigenvalue weighted by Gasteiger charge is -2.26. The van der Waals surface area contributed by atoms with Gasteiger partial charge in [0.25, 0.3) is 0 Å². The summed E-state index contributed by atoms with van der Waals surface area (Å²) >= 11 is 6.22. The van der Waals surface area contributed by atoms with Crippen molar-refractivity contribution in [2.24, 2.45) is 0 Å². The van der Waals surface area contributed by atoms with E-state index < -0.39 is 0 Å². The predicted octanol–water partition coefficient (Wildman–Crippen LogP) is 3.60. The molecule has 0 bridgehead atoms. The quantitative estimate of drug-likeness (QED) is 0.891. The van der Waals surface area contributed by atoms with Crippen LogP contribution >= 0.6 is 11.6 Å². The van der Waals surface area contributed by atoms with Gasteiger partial charge in [-0.05, 0) is 30.9 Å². The highest BCUT2D eigenvalue weighted by Gasteiger charge is 2.30. The number of hydrogen-bond donors (Lipinski definition) is 1. The summed E-state index contributed by atoms with van der Waals surface area (Å²) in [4.78, 5) is 14.0. The minimum absolute atomic E-state index is 0.0271. The van der Waals surface area contributed by atoms with Gasteiger partial charge in [0.2, 0.25) is 0 Å². The molecule has 2 rings (SSSR count). The average Bonchev–Trinajstić information content (AvgIpc) is 2.85. The maximum absolute atomic E-state index is 12.1. The van der Waals surface area contributed by atoms with Crippen molar-refractivity contribution in [1.29, 1.82) is 0 Å². The standard InChI is InChI=1S/C14H19ClN2O/c1-2-9-16-14(18)17-10-5-8-13(17)11-6-3-4-7-12(11)15/h3-4,6-7,13H,2,5,8-10H2,1H3,(H,16,18)/t13-/m1/s1. The Morgan fingerprint density at radius 1 is 1.50 bits per heavy atom. The monoisotopic (exact) mass is 266 g/mol. The molecule has 1 aromatic carbocycles. The molecule has 1 fully saturated rings. The van der Waals surface area contributed by atoms with Gasteiger partial charge in [0, 0.05) is 18.1 Å². The van der Waals surface area contributed by atoms with Crippen LogP contribution in [0.25, 0.3) is 0 Å². The summed E-state index contributed by atoms with van der Waals surface area (Å²) < 4.78 is 0. The molecule has 1 N–H and O–H groups in total. The van der Waals surface area contributed by atoms with Crippen molar-refractivity contribution in [3.8, 4) is 0 Å². The van der Waals surface area contributed by atoms with Crippen LogP contribution in [0.5, 0.6) is 0 Å². The fraction of sp³-hybridized carbons (Fsp3) is 0.500. The second-order valence-electron chi connectivity index (χ2n) is 4.60. The number of rotatable bonds is 3. The zero-order valence-electron chi connectivity index (χ0n) is 10.7. The molecule has 98 valence electrons. The molecular weight excluding hydrogens is 248 g/mol. The topological polar surface area (TPSA) is 32.3 Å². The Balaban J connectivity index is 2.12. The van der Waals surface area contributed by atoms with Crippen LogP contribution < -0.4 is 5.32 Å². The Labute approximate surface area is 113 Å². The molecule has 18 heavy (non-hydrogen) atoms. The van der Waals surface area contributed by atoms with Crippen LogP contribution in [0, 0.1) is 0 Å². The maximum Gasteiger partial charge on any atom is 0.317 e. The molecule has 1 saturated heterocycles. The molecule has 0 unspecified atom stereocenters. The third-order valence-corrected chi connectivity index (χ3v) is 3.65. The van der Waals surface area contributed by atoms with E-state index in [1.807, 2.05) is 29.2 Å². The minimum atomic E-state index is 0.0271. The van der Waals surface area contributed by atoms with Crippen molar-refractivity contribution in [2.75, 3.05) is 13.1 Å². The summed E-state index contributed by atoms with van der Waals surface area (Å²) in [6, 6.07) is 7.94. The molecule has 1 heterocycles. The van der Waals surface area contributed by atoms with Crippen LogP contribution in [-0.2, 0) is 0 Å². The lowest BCUT2D eigenvalue weighted by Crippen LogP contribution is -2.39. The van der Waals surface area contributed by atoms with Gasteiger partial charge in [0.15, 0.2) is 0 Å². The van der Waals surface area contributed by atoms with Crippen LogP contribution in [0.15, 0.2) is 24.3 Å². The molecule has 3 nitrogen and oxygen atoms in total. The molecule has 1 atom stereocenters. The molecule has 0 spiro atoms. The lowest BCUT2D eigenvalue weighted by atomic mass is 10.0. The fourth-order valence-electron chi connectivity index (χ4n) is 2.41. The highest BCUT2D eigenvalue weighted by atomic mass is 35.5. The van der Waals surface area contributed by atoms with E-state index in [-0.39, 0.29) is 12.1 Å². The zero-order chi connectivity index (χ0) is 13.0. The van der Waals surface area contributed by atoms with Crippen molar-refractivity contribution in [3.05, 3.63) is 34.9 Å². The summed E-state index contributed by atoms with van der Waals surface area (Å²) in [5, 5.41) is 3.69. The molecule has 0 saturated carbocycles. The molecule has 0 radical (unpaired) electrons. The van der Waals surface area contributed by atoms with Crippen molar-refractivity contribution in [3.63, 3.8) is 0 Å². The molecular formula is C14H19ClN2O. The van der Waals surface area contributed by atoms with Gasteiger partial charge in [0.1, 0.15) is 0 Å². The smallest absolute Gasteiger partial charge is 0.317 e. The first kappa shape index (κ1) is 13.2. The van der Waals surface area contributed by atoms with Gasteiger partial charge < -0.3 is 10.2 Å². The van der Waals surface area contributed by atoms with Crippen LogP contribution in [0.2, 0.25) is 5.02 Å². The third-order valence-electron chi connectivity index (χ3n) is 3.30. The summed E-state index contributed by atoms with van der Waals surface area (Å²) in [6.45, 7) is 3.59. The summed E-state index contributed by atoms with van der Waals surface area (Å²) in [6.07, 6.45) is 2.98. The maximum atomic E-state index is 12.1. The largest absolute Gasteiger partial charge is 0.338 e. The number of carbonyl (C=O) groups excluding carboxylic acids is 1. The van der Waals surface area contributed by atoms with Crippen molar-refractivity contribution < 1.29 is 4.79 Å². The van der Waals surface area contributed by atoms with Crippen molar-refractivity contribution in [1.82, 2.24) is 10.2 Å². The summed E-state index contributed by atoms with van der Waals surface area (Å²) in [7, 11) is 0. The van der Waals surface area contributed by atoms with E-state index in [9.17, 15) is 4.79 Å². The highest BCUT2D eigenvalue weighted by molar-refractivity contribution is 6.31. The first-order valence-corrected chi connectivity index (χ1v) is 6.90. The van der Waals surface area contributed by atoms with E-state index in [4.69, 9.17) is 11.6 Å². The molecule has 0 aliphatic carbocycles. The Kier molecular flexibility index (Phi) is 4.48. The number of amides is 2. The number of urea groups is 1. The normalized spacial score (nSPS) is 19.0. The van der Waals surface area contributed by atoms with Gasteiger partial charge in [-0.1, -0.05) is 36.7 Å². The van der Waals surface area contributed by atoms with Crippen LogP contribution in [0.3, 0.4) is 0 Å². The van der Waals surface area contributed by atoms with E-state index >= 15 is 0 Å². The van der Waals surface area contributed by atoms with E-state index in [1.165, 1.54) is 0 Å². The van der Waals surface area contributed by atoms with Gasteiger partial charge >= 0.3 is 6.03 Å². The Hall–Kier alpha value is -1.22. The number of benzene rings is 1. The summed E-state index contributed by atoms with van der Waals surface area (Å²) in [5.41, 5.74) is 1.06. The van der Waals surface area contributed by atoms with Gasteiger partial charge in [-0.25, -0.2) is 4.79 Å². The number of halogens is 1. The predicted molar refractivity (Wildman–Crippen MR) is 73.8 cm³/mol. The summed E-state index contributed by atoms with van der Waals surface area (Å²) in [5.74, 6) is 0. The lowest BCUT2D eigenvalue weighted by molar-refractivity contribution is 0.193. The van der Waals surface area contributed by atoms with E-state index in [1.54, 1.807) is 0 Å². The van der Waals surface area contributed by atoms with E-state index in [0.717, 1.165) is 42.9 Å². The van der Waals surface area contributed by atoms with Gasteiger partial charge in [-0.3, -0.25) is 0 Å². The Morgan fingerprint density at radius 3 is 3.00 bits per heavy atom. The minimum Gasteiger partial charge on any atom is -0.338 e. The van der Waals surface area contributed by atoms with Gasteiger partial charge in [0.05, 0.1) is 6.04 Å². The van der Waals surface area contributed by atoms with Gasteiger partial charge in [-0.15, -0.1) is 0 Å². The first-order valence-electron chi connectivity index (χ1n) is 6.53. The molecule has 1 aliphatic rings. The number of carbonyl (C=O) groups is 1. The molecule has 0 aromatic heterocycles. The Bertz CT molecular complexity index is 422. The number of nitrogens with zero attached hydrogens (tertiary/aromatic N) is 1. The second kappa shape index (κ2) is 6.10. The average molecular weight is 267 g/mol. The molecule has 2 amide bonds. The third kappa shape index (κ3) is 2.78. The fourth-order valence-corrected chi connectivity index (χ4v) is 2.67. The van der Waals surface area contributed by atoms with E-state index in [2.05, 4.69) is 12.2 Å². The SMILES string of the molecule is CCCNC(=O)N1CCC[C@@H]1c1ccccc1Cl. The Morgan fingerprint density at radius 2 is 2.28 bits per heavy atom. The molecule has 4 heteroatoms. The molecule has 1 aromatic rings. The number of likely N-dealkylation sites (tertiary alicyclic amines) is 1. The van der Waals surface area contributed by atoms with Gasteiger partial charge in [-0.2, -0.15) is 0 Å². The second-order valence-corrected chi connectivity index (χ2v) is 5.01. The molecule has 1 aliphatic heterocycles. The van der Waals surface area contributed by atoms with E-state index in [0.29, 0.717) is 0 Å². The first-order chi connectivity index (χ1) is 8.74. The van der Waals surface area contributed by atoms with Crippen LogP contribution in [0.4, 0.5) is 4.79 Å². The van der Waals surface area contributed by atoms with Crippen LogP contribution in [0.1, 0.15) is 37.8 Å². The number of nitrogens with one attached hydrogen (secondary N) is 1. The zero-order valence-corrected chi connectivity index (χ0v) is 11.4. The number of hydrogen-bond acceptors (Lipinski definition) is 1. The highest BCUT2D eigenvalue weighted by Crippen LogP contribution is 2.35.